The van der Waals surface area contributed by atoms with Crippen LogP contribution in [0.25, 0.3) is 0 Å². The first-order valence-corrected chi connectivity index (χ1v) is 8.87. The Morgan fingerprint density at radius 1 is 1.14 bits per heavy atom. The van der Waals surface area contributed by atoms with Gasteiger partial charge in [-0.2, -0.15) is 0 Å². The molecule has 0 unspecified atom stereocenters. The predicted octanol–water partition coefficient (Wildman–Crippen LogP) is 3.02. The van der Waals surface area contributed by atoms with Crippen molar-refractivity contribution < 1.29 is 4.74 Å². The van der Waals surface area contributed by atoms with Gasteiger partial charge in [-0.25, -0.2) is 0 Å². The summed E-state index contributed by atoms with van der Waals surface area (Å²) in [5.41, 5.74) is 2.08. The zero-order valence-corrected chi connectivity index (χ0v) is 13.7. The number of rotatable bonds is 3. The number of piperidine rings is 1. The third kappa shape index (κ3) is 2.55. The van der Waals surface area contributed by atoms with Crippen LogP contribution < -0.4 is 10.1 Å². The fourth-order valence-electron chi connectivity index (χ4n) is 4.87. The van der Waals surface area contributed by atoms with Crippen molar-refractivity contribution in [1.29, 1.82) is 0 Å². The second kappa shape index (κ2) is 5.86. The van der Waals surface area contributed by atoms with Crippen molar-refractivity contribution in [3.63, 3.8) is 0 Å². The molecule has 2 heterocycles. The minimum absolute atomic E-state index is 0.671. The minimum atomic E-state index is 0.671. The molecule has 0 radical (unpaired) electrons. The maximum absolute atomic E-state index is 5.55. The van der Waals surface area contributed by atoms with E-state index in [1.165, 1.54) is 63.8 Å². The van der Waals surface area contributed by atoms with Gasteiger partial charge in [0.25, 0.3) is 0 Å². The molecule has 2 aliphatic heterocycles. The number of benzene rings is 1. The van der Waals surface area contributed by atoms with Crippen LogP contribution in [0.5, 0.6) is 5.75 Å². The van der Waals surface area contributed by atoms with Gasteiger partial charge in [0.1, 0.15) is 5.75 Å². The monoisotopic (exact) mass is 300 g/mol. The maximum atomic E-state index is 5.55. The Morgan fingerprint density at radius 2 is 1.91 bits per heavy atom. The summed E-state index contributed by atoms with van der Waals surface area (Å²) in [5.74, 6) is 1.74. The van der Waals surface area contributed by atoms with Gasteiger partial charge in [-0.15, -0.1) is 0 Å². The molecule has 120 valence electrons. The molecule has 1 aliphatic carbocycles. The number of para-hydroxylation sites is 1. The zero-order valence-electron chi connectivity index (χ0n) is 13.7. The van der Waals surface area contributed by atoms with Gasteiger partial charge >= 0.3 is 0 Å². The molecule has 1 atom stereocenters. The number of ether oxygens (including phenoxy) is 1. The minimum Gasteiger partial charge on any atom is -0.496 e. The second-order valence-electron chi connectivity index (χ2n) is 7.55. The lowest BCUT2D eigenvalue weighted by Gasteiger charge is -2.41. The van der Waals surface area contributed by atoms with Crippen LogP contribution >= 0.6 is 0 Å². The number of nitrogens with zero attached hydrogens (tertiary/aromatic N) is 1. The van der Waals surface area contributed by atoms with Gasteiger partial charge in [-0.3, -0.25) is 0 Å². The van der Waals surface area contributed by atoms with Crippen molar-refractivity contribution in [2.24, 2.45) is 5.41 Å². The molecule has 2 saturated heterocycles. The van der Waals surface area contributed by atoms with Crippen LogP contribution in [0, 0.1) is 5.41 Å². The van der Waals surface area contributed by atoms with Crippen LogP contribution in [-0.2, 0) is 0 Å². The van der Waals surface area contributed by atoms with Crippen LogP contribution in [0.1, 0.15) is 43.6 Å². The Hall–Kier alpha value is -1.06. The first-order valence-electron chi connectivity index (χ1n) is 8.87. The van der Waals surface area contributed by atoms with Gasteiger partial charge in [0.2, 0.25) is 0 Å². The Kier molecular flexibility index (Phi) is 3.87. The number of likely N-dealkylation sites (tertiary alicyclic amines) is 1. The summed E-state index contributed by atoms with van der Waals surface area (Å²) < 4.78 is 5.55. The van der Waals surface area contributed by atoms with E-state index in [4.69, 9.17) is 4.74 Å². The van der Waals surface area contributed by atoms with E-state index in [2.05, 4.69) is 34.5 Å². The first-order chi connectivity index (χ1) is 10.8. The van der Waals surface area contributed by atoms with E-state index in [1.54, 1.807) is 7.11 Å². The molecule has 4 rings (SSSR count). The number of methoxy groups -OCH3 is 1. The van der Waals surface area contributed by atoms with E-state index in [-0.39, 0.29) is 0 Å². The average molecular weight is 300 g/mol. The quantitative estimate of drug-likeness (QED) is 0.928. The van der Waals surface area contributed by atoms with Crippen LogP contribution in [0.15, 0.2) is 24.3 Å². The van der Waals surface area contributed by atoms with Gasteiger partial charge in [-0.05, 0) is 68.2 Å². The van der Waals surface area contributed by atoms with Gasteiger partial charge < -0.3 is 15.0 Å². The van der Waals surface area contributed by atoms with Gasteiger partial charge in [0.05, 0.1) is 7.11 Å². The SMILES string of the molecule is COc1ccccc1C1CCN([C@@H]2CCC3(CNC3)C2)CC1. The predicted molar refractivity (Wildman–Crippen MR) is 89.5 cm³/mol. The molecule has 3 aliphatic rings. The molecule has 3 heteroatoms. The number of hydrogen-bond donors (Lipinski definition) is 1. The van der Waals surface area contributed by atoms with Crippen molar-refractivity contribution in [2.75, 3.05) is 33.3 Å². The maximum Gasteiger partial charge on any atom is 0.122 e. The fraction of sp³-hybridized carbons (Fsp3) is 0.684. The number of hydrogen-bond acceptors (Lipinski definition) is 3. The Bertz CT molecular complexity index is 518. The standard InChI is InChI=1S/C19H28N2O/c1-22-18-5-3-2-4-17(18)15-7-10-21(11-8-15)16-6-9-19(12-16)13-20-14-19/h2-5,15-16,20H,6-14H2,1H3/t16-/m1/s1. The number of nitrogens with one attached hydrogen (secondary N) is 1. The molecule has 3 nitrogen and oxygen atoms in total. The largest absolute Gasteiger partial charge is 0.496 e. The molecule has 1 saturated carbocycles. The topological polar surface area (TPSA) is 24.5 Å². The second-order valence-corrected chi connectivity index (χ2v) is 7.55. The van der Waals surface area contributed by atoms with E-state index < -0.39 is 0 Å². The van der Waals surface area contributed by atoms with Crippen molar-refractivity contribution in [3.8, 4) is 5.75 Å². The molecule has 1 spiro atoms. The lowest BCUT2D eigenvalue weighted by molar-refractivity contribution is 0.120. The summed E-state index contributed by atoms with van der Waals surface area (Å²) in [6.45, 7) is 5.05. The molecule has 22 heavy (non-hydrogen) atoms. The van der Waals surface area contributed by atoms with Crippen molar-refractivity contribution in [1.82, 2.24) is 10.2 Å². The van der Waals surface area contributed by atoms with Gasteiger partial charge in [-0.1, -0.05) is 18.2 Å². The summed E-state index contributed by atoms with van der Waals surface area (Å²) in [7, 11) is 1.79. The Labute approximate surface area is 134 Å². The van der Waals surface area contributed by atoms with E-state index in [1.807, 2.05) is 0 Å². The molecular formula is C19H28N2O. The summed E-state index contributed by atoms with van der Waals surface area (Å²) in [6.07, 6.45) is 6.85. The fourth-order valence-corrected chi connectivity index (χ4v) is 4.87. The van der Waals surface area contributed by atoms with E-state index in [0.717, 1.165) is 11.8 Å². The van der Waals surface area contributed by atoms with Gasteiger partial charge in [0, 0.05) is 19.1 Å². The average Bonchev–Trinajstić information content (AvgIpc) is 3.01. The van der Waals surface area contributed by atoms with Crippen LogP contribution in [-0.4, -0.2) is 44.2 Å². The smallest absolute Gasteiger partial charge is 0.122 e. The summed E-state index contributed by atoms with van der Waals surface area (Å²) >= 11 is 0. The van der Waals surface area contributed by atoms with Crippen molar-refractivity contribution in [3.05, 3.63) is 29.8 Å². The molecule has 1 N–H and O–H groups in total. The lowest BCUT2D eigenvalue weighted by Crippen LogP contribution is -2.52. The van der Waals surface area contributed by atoms with Gasteiger partial charge in [0.15, 0.2) is 0 Å². The molecular weight excluding hydrogens is 272 g/mol. The molecule has 0 amide bonds. The van der Waals surface area contributed by atoms with Crippen molar-refractivity contribution in [2.45, 2.75) is 44.1 Å². The van der Waals surface area contributed by atoms with E-state index >= 15 is 0 Å². The van der Waals surface area contributed by atoms with Crippen LogP contribution in [0.2, 0.25) is 0 Å². The Balaban J connectivity index is 1.36. The lowest BCUT2D eigenvalue weighted by atomic mass is 9.80. The highest BCUT2D eigenvalue weighted by molar-refractivity contribution is 5.36. The molecule has 1 aromatic carbocycles. The molecule has 1 aromatic rings. The molecule has 3 fully saturated rings. The first kappa shape index (κ1) is 14.5. The van der Waals surface area contributed by atoms with E-state index in [9.17, 15) is 0 Å². The highest BCUT2D eigenvalue weighted by Gasteiger charge is 2.45. The zero-order chi connectivity index (χ0) is 15.0. The normalized spacial score (nSPS) is 28.7. The highest BCUT2D eigenvalue weighted by Crippen LogP contribution is 2.44. The van der Waals surface area contributed by atoms with Crippen LogP contribution in [0.3, 0.4) is 0 Å². The third-order valence-electron chi connectivity index (χ3n) is 6.30. The summed E-state index contributed by atoms with van der Waals surface area (Å²) in [4.78, 5) is 2.78. The third-order valence-corrected chi connectivity index (χ3v) is 6.30. The summed E-state index contributed by atoms with van der Waals surface area (Å²) in [5, 5.41) is 3.48. The summed E-state index contributed by atoms with van der Waals surface area (Å²) in [6, 6.07) is 9.42. The van der Waals surface area contributed by atoms with E-state index in [0.29, 0.717) is 11.3 Å². The molecule has 0 bridgehead atoms. The van der Waals surface area contributed by atoms with Crippen LogP contribution in [0.4, 0.5) is 0 Å². The van der Waals surface area contributed by atoms with Crippen molar-refractivity contribution >= 4 is 0 Å². The molecule has 0 aromatic heterocycles. The Morgan fingerprint density at radius 3 is 2.55 bits per heavy atom. The highest BCUT2D eigenvalue weighted by atomic mass is 16.5.